The molecule has 0 saturated carbocycles. The summed E-state index contributed by atoms with van der Waals surface area (Å²) in [6, 6.07) is 0. The second-order valence-electron chi connectivity index (χ2n) is 4.39. The lowest BCUT2D eigenvalue weighted by atomic mass is 9.90. The monoisotopic (exact) mass is 197 g/mol. The van der Waals surface area contributed by atoms with E-state index in [0.717, 1.165) is 39.0 Å². The highest BCUT2D eigenvalue weighted by Crippen LogP contribution is 2.18. The van der Waals surface area contributed by atoms with Crippen molar-refractivity contribution >= 4 is 0 Å². The SMILES string of the molecule is C#CCCCNCC(C)(C)CCOC. The maximum Gasteiger partial charge on any atom is 0.0467 e. The second-order valence-corrected chi connectivity index (χ2v) is 4.39. The summed E-state index contributed by atoms with van der Waals surface area (Å²) in [4.78, 5) is 0. The predicted octanol–water partition coefficient (Wildman–Crippen LogP) is 2.05. The van der Waals surface area contributed by atoms with Crippen molar-refractivity contribution in [2.24, 2.45) is 5.41 Å². The number of methoxy groups -OCH3 is 1. The van der Waals surface area contributed by atoms with Gasteiger partial charge in [-0.25, -0.2) is 0 Å². The summed E-state index contributed by atoms with van der Waals surface area (Å²) in [7, 11) is 1.75. The zero-order chi connectivity index (χ0) is 10.9. The maximum absolute atomic E-state index is 5.17. The average Bonchev–Trinajstić information content (AvgIpc) is 2.15. The van der Waals surface area contributed by atoms with Gasteiger partial charge in [0.1, 0.15) is 0 Å². The Balaban J connectivity index is 3.41. The van der Waals surface area contributed by atoms with E-state index in [9.17, 15) is 0 Å². The molecule has 0 aliphatic carbocycles. The van der Waals surface area contributed by atoms with Crippen LogP contribution in [-0.4, -0.2) is 26.8 Å². The van der Waals surface area contributed by atoms with Crippen LogP contribution in [0.5, 0.6) is 0 Å². The van der Waals surface area contributed by atoms with Gasteiger partial charge in [0.05, 0.1) is 0 Å². The minimum absolute atomic E-state index is 0.312. The van der Waals surface area contributed by atoms with Gasteiger partial charge < -0.3 is 10.1 Å². The first kappa shape index (κ1) is 13.5. The van der Waals surface area contributed by atoms with Crippen molar-refractivity contribution < 1.29 is 4.74 Å². The lowest BCUT2D eigenvalue weighted by Gasteiger charge is -2.24. The Bertz CT molecular complexity index is 170. The molecule has 0 aliphatic rings. The molecule has 0 rings (SSSR count). The van der Waals surface area contributed by atoms with E-state index in [2.05, 4.69) is 25.1 Å². The van der Waals surface area contributed by atoms with Crippen molar-refractivity contribution in [3.63, 3.8) is 0 Å². The summed E-state index contributed by atoms with van der Waals surface area (Å²) in [5.74, 6) is 2.64. The van der Waals surface area contributed by atoms with Crippen molar-refractivity contribution in [3.8, 4) is 12.3 Å². The fraction of sp³-hybridized carbons (Fsp3) is 0.833. The van der Waals surface area contributed by atoms with Gasteiger partial charge in [-0.1, -0.05) is 13.8 Å². The largest absolute Gasteiger partial charge is 0.385 e. The summed E-state index contributed by atoms with van der Waals surface area (Å²) in [6.45, 7) is 7.38. The molecule has 82 valence electrons. The van der Waals surface area contributed by atoms with Crippen LogP contribution in [0.3, 0.4) is 0 Å². The number of rotatable bonds is 8. The first-order chi connectivity index (χ1) is 6.62. The first-order valence-electron chi connectivity index (χ1n) is 5.25. The van der Waals surface area contributed by atoms with E-state index < -0.39 is 0 Å². The fourth-order valence-corrected chi connectivity index (χ4v) is 1.21. The molecule has 0 heterocycles. The van der Waals surface area contributed by atoms with Gasteiger partial charge in [0.2, 0.25) is 0 Å². The summed E-state index contributed by atoms with van der Waals surface area (Å²) in [5.41, 5.74) is 0.312. The third-order valence-electron chi connectivity index (χ3n) is 2.26. The smallest absolute Gasteiger partial charge is 0.0467 e. The molecule has 0 bridgehead atoms. The summed E-state index contributed by atoms with van der Waals surface area (Å²) in [6.07, 6.45) is 8.19. The van der Waals surface area contributed by atoms with Gasteiger partial charge >= 0.3 is 0 Å². The van der Waals surface area contributed by atoms with Crippen LogP contribution in [-0.2, 0) is 4.74 Å². The quantitative estimate of drug-likeness (QED) is 0.475. The first-order valence-corrected chi connectivity index (χ1v) is 5.25. The van der Waals surface area contributed by atoms with E-state index in [0.29, 0.717) is 5.41 Å². The van der Waals surface area contributed by atoms with Crippen molar-refractivity contribution in [3.05, 3.63) is 0 Å². The standard InChI is InChI=1S/C12H23NO/c1-5-6-7-9-13-11-12(2,3)8-10-14-4/h1,13H,6-11H2,2-4H3. The zero-order valence-corrected chi connectivity index (χ0v) is 9.73. The van der Waals surface area contributed by atoms with Gasteiger partial charge in [-0.15, -0.1) is 12.3 Å². The molecule has 2 nitrogen and oxygen atoms in total. The number of unbranched alkanes of at least 4 members (excludes halogenated alkanes) is 1. The summed E-state index contributed by atoms with van der Waals surface area (Å²) < 4.78 is 5.07. The Kier molecular flexibility index (Phi) is 7.55. The lowest BCUT2D eigenvalue weighted by molar-refractivity contribution is 0.151. The Morgan fingerprint density at radius 3 is 2.71 bits per heavy atom. The summed E-state index contributed by atoms with van der Waals surface area (Å²) in [5, 5.41) is 3.42. The molecule has 0 spiro atoms. The fourth-order valence-electron chi connectivity index (χ4n) is 1.21. The van der Waals surface area contributed by atoms with Crippen LogP contribution >= 0.6 is 0 Å². The molecule has 0 fully saturated rings. The van der Waals surface area contributed by atoms with Crippen LogP contribution < -0.4 is 5.32 Å². The van der Waals surface area contributed by atoms with Crippen LogP contribution in [0.1, 0.15) is 33.1 Å². The highest BCUT2D eigenvalue weighted by molar-refractivity contribution is 4.83. The Labute approximate surface area is 88.4 Å². The number of hydrogen-bond acceptors (Lipinski definition) is 2. The molecule has 14 heavy (non-hydrogen) atoms. The zero-order valence-electron chi connectivity index (χ0n) is 9.73. The number of ether oxygens (including phenoxy) is 1. The molecule has 0 amide bonds. The molecule has 0 aliphatic heterocycles. The molecular weight excluding hydrogens is 174 g/mol. The predicted molar refractivity (Wildman–Crippen MR) is 61.2 cm³/mol. The van der Waals surface area contributed by atoms with E-state index in [1.807, 2.05) is 0 Å². The van der Waals surface area contributed by atoms with Gasteiger partial charge in [0.25, 0.3) is 0 Å². The third-order valence-corrected chi connectivity index (χ3v) is 2.26. The molecule has 0 atom stereocenters. The maximum atomic E-state index is 5.17. The Morgan fingerprint density at radius 2 is 2.14 bits per heavy atom. The molecular formula is C12H23NO. The highest BCUT2D eigenvalue weighted by atomic mass is 16.5. The number of nitrogens with one attached hydrogen (secondary N) is 1. The number of hydrogen-bond donors (Lipinski definition) is 1. The highest BCUT2D eigenvalue weighted by Gasteiger charge is 2.16. The molecule has 0 saturated heterocycles. The van der Waals surface area contributed by atoms with E-state index in [1.54, 1.807) is 7.11 Å². The number of terminal acetylenes is 1. The van der Waals surface area contributed by atoms with Crippen molar-refractivity contribution in [2.45, 2.75) is 33.1 Å². The normalized spacial score (nSPS) is 11.3. The van der Waals surface area contributed by atoms with E-state index in [-0.39, 0.29) is 0 Å². The topological polar surface area (TPSA) is 21.3 Å². The molecule has 1 N–H and O–H groups in total. The molecule has 0 unspecified atom stereocenters. The van der Waals surface area contributed by atoms with E-state index in [4.69, 9.17) is 11.2 Å². The van der Waals surface area contributed by atoms with Gasteiger partial charge in [-0.05, 0) is 24.8 Å². The summed E-state index contributed by atoms with van der Waals surface area (Å²) >= 11 is 0. The van der Waals surface area contributed by atoms with Crippen LogP contribution in [0.15, 0.2) is 0 Å². The molecule has 0 aromatic rings. The van der Waals surface area contributed by atoms with Crippen LogP contribution in [0.4, 0.5) is 0 Å². The second kappa shape index (κ2) is 7.84. The van der Waals surface area contributed by atoms with Gasteiger partial charge in [-0.2, -0.15) is 0 Å². The van der Waals surface area contributed by atoms with Crippen molar-refractivity contribution in [1.82, 2.24) is 5.32 Å². The minimum atomic E-state index is 0.312. The van der Waals surface area contributed by atoms with Crippen LogP contribution in [0, 0.1) is 17.8 Å². The van der Waals surface area contributed by atoms with E-state index in [1.165, 1.54) is 0 Å². The van der Waals surface area contributed by atoms with Crippen LogP contribution in [0.25, 0.3) is 0 Å². The Hall–Kier alpha value is -0.520. The van der Waals surface area contributed by atoms with Gasteiger partial charge in [0, 0.05) is 26.7 Å². The van der Waals surface area contributed by atoms with Gasteiger partial charge in [-0.3, -0.25) is 0 Å². The van der Waals surface area contributed by atoms with Crippen LogP contribution in [0.2, 0.25) is 0 Å². The Morgan fingerprint density at radius 1 is 1.43 bits per heavy atom. The minimum Gasteiger partial charge on any atom is -0.385 e. The molecule has 0 radical (unpaired) electrons. The van der Waals surface area contributed by atoms with Gasteiger partial charge in [0.15, 0.2) is 0 Å². The third kappa shape index (κ3) is 8.10. The van der Waals surface area contributed by atoms with Crippen molar-refractivity contribution in [2.75, 3.05) is 26.8 Å². The molecule has 0 aromatic carbocycles. The lowest BCUT2D eigenvalue weighted by Crippen LogP contribution is -2.31. The van der Waals surface area contributed by atoms with E-state index >= 15 is 0 Å². The average molecular weight is 197 g/mol. The molecule has 0 aromatic heterocycles. The van der Waals surface area contributed by atoms with Crippen molar-refractivity contribution in [1.29, 1.82) is 0 Å². The molecule has 2 heteroatoms.